The van der Waals surface area contributed by atoms with Gasteiger partial charge in [0, 0.05) is 57.9 Å². The van der Waals surface area contributed by atoms with Crippen molar-refractivity contribution in [3.05, 3.63) is 35.9 Å². The topological polar surface area (TPSA) is 95.9 Å². The van der Waals surface area contributed by atoms with Crippen molar-refractivity contribution in [2.45, 2.75) is 57.7 Å². The molecule has 1 saturated heterocycles. The number of aliphatic carboxylic acids is 1. The molecular formula is C20H28KN2O5. The van der Waals surface area contributed by atoms with Crippen LogP contribution in [0.5, 0.6) is 0 Å². The molecule has 1 radical (unpaired) electrons. The maximum atomic E-state index is 12.7. The van der Waals surface area contributed by atoms with Crippen LogP contribution in [0.2, 0.25) is 0 Å². The Labute approximate surface area is 208 Å². The number of hydrogen-bond acceptors (Lipinski definition) is 5. The van der Waals surface area contributed by atoms with E-state index in [9.17, 15) is 19.5 Å². The second kappa shape index (κ2) is 12.7. The van der Waals surface area contributed by atoms with Crippen LogP contribution in [0.1, 0.15) is 38.7 Å². The summed E-state index contributed by atoms with van der Waals surface area (Å²) >= 11 is 0. The van der Waals surface area contributed by atoms with Gasteiger partial charge in [0.05, 0.1) is 12.6 Å². The largest absolute Gasteiger partial charge is 0.480 e. The molecule has 1 aromatic carbocycles. The fourth-order valence-electron chi connectivity index (χ4n) is 3.38. The summed E-state index contributed by atoms with van der Waals surface area (Å²) in [6.07, 6.45) is 2.29. The van der Waals surface area contributed by atoms with Gasteiger partial charge in [-0.15, -0.1) is 0 Å². The molecule has 0 spiro atoms. The number of carbonyl (C=O) groups excluding carboxylic acids is 2. The number of aryl methyl sites for hydroxylation is 1. The monoisotopic (exact) mass is 415 g/mol. The normalized spacial score (nSPS) is 18.1. The van der Waals surface area contributed by atoms with E-state index in [1.54, 1.807) is 13.8 Å². The van der Waals surface area contributed by atoms with E-state index in [4.69, 9.17) is 4.74 Å². The third-order valence-electron chi connectivity index (χ3n) is 4.78. The molecule has 0 aliphatic carbocycles. The summed E-state index contributed by atoms with van der Waals surface area (Å²) in [6, 6.07) is 7.69. The molecule has 1 aromatic rings. The summed E-state index contributed by atoms with van der Waals surface area (Å²) in [5, 5.41) is 12.3. The molecule has 8 heteroatoms. The fourth-order valence-corrected chi connectivity index (χ4v) is 3.38. The van der Waals surface area contributed by atoms with E-state index in [-0.39, 0.29) is 63.9 Å². The van der Waals surface area contributed by atoms with Crippen LogP contribution in [0.15, 0.2) is 30.3 Å². The molecule has 149 valence electrons. The number of nitrogens with one attached hydrogen (secondary N) is 1. The Morgan fingerprint density at radius 1 is 1.29 bits per heavy atom. The van der Waals surface area contributed by atoms with Crippen molar-refractivity contribution in [1.29, 1.82) is 0 Å². The number of carboxylic acid groups (broad SMARTS) is 1. The maximum absolute atomic E-state index is 12.7. The zero-order chi connectivity index (χ0) is 19.8. The van der Waals surface area contributed by atoms with Crippen LogP contribution >= 0.6 is 0 Å². The number of ether oxygens (including phenoxy) is 1. The molecule has 1 aliphatic heterocycles. The summed E-state index contributed by atoms with van der Waals surface area (Å²) in [7, 11) is 0. The Balaban J connectivity index is 0.00000392. The number of esters is 1. The number of carbonyl (C=O) groups is 3. The predicted octanol–water partition coefficient (Wildman–Crippen LogP) is 1.22. The molecule has 1 aliphatic rings. The standard InChI is InChI=1S/C20H28N2O5.K/c1-3-27-20(26)16(12-11-15-8-5-4-6-9-15)21-14(2)18(23)22-13-7-10-17(22)19(24)25;/h4-6,8-9,14,16-17,21H,3,7,10-13H2,1-2H3,(H,24,25);/t14-,16-,17-;/m0./s1. The molecule has 0 saturated carbocycles. The molecule has 0 unspecified atom stereocenters. The van der Waals surface area contributed by atoms with Gasteiger partial charge in [-0.2, -0.15) is 0 Å². The van der Waals surface area contributed by atoms with Gasteiger partial charge in [-0.25, -0.2) is 4.79 Å². The summed E-state index contributed by atoms with van der Waals surface area (Å²) < 4.78 is 5.14. The maximum Gasteiger partial charge on any atom is 0.326 e. The van der Waals surface area contributed by atoms with Gasteiger partial charge in [0.25, 0.3) is 0 Å². The third kappa shape index (κ3) is 7.24. The quantitative estimate of drug-likeness (QED) is 0.465. The van der Waals surface area contributed by atoms with E-state index in [2.05, 4.69) is 5.32 Å². The van der Waals surface area contributed by atoms with Crippen LogP contribution in [0.4, 0.5) is 0 Å². The van der Waals surface area contributed by atoms with Crippen molar-refractivity contribution in [1.82, 2.24) is 10.2 Å². The first-order valence-corrected chi connectivity index (χ1v) is 9.44. The van der Waals surface area contributed by atoms with E-state index in [1.807, 2.05) is 30.3 Å². The van der Waals surface area contributed by atoms with Crippen LogP contribution in [0.3, 0.4) is 0 Å². The van der Waals surface area contributed by atoms with E-state index in [0.29, 0.717) is 32.2 Å². The number of rotatable bonds is 9. The van der Waals surface area contributed by atoms with Gasteiger partial charge in [0.2, 0.25) is 5.91 Å². The zero-order valence-electron chi connectivity index (χ0n) is 16.9. The molecule has 0 bridgehead atoms. The molecule has 3 atom stereocenters. The molecule has 28 heavy (non-hydrogen) atoms. The van der Waals surface area contributed by atoms with Crippen LogP contribution in [-0.2, 0) is 25.5 Å². The molecule has 1 heterocycles. The SMILES string of the molecule is CCOC(=O)[C@H](CCc1ccccc1)N[C@@H](C)C(=O)N1CCC[C@H]1C(=O)O.[K]. The number of hydrogen-bond donors (Lipinski definition) is 2. The summed E-state index contributed by atoms with van der Waals surface area (Å²) in [5.74, 6) is -1.68. The van der Waals surface area contributed by atoms with Gasteiger partial charge < -0.3 is 14.7 Å². The van der Waals surface area contributed by atoms with Crippen LogP contribution in [0.25, 0.3) is 0 Å². The van der Waals surface area contributed by atoms with E-state index >= 15 is 0 Å². The van der Waals surface area contributed by atoms with Crippen LogP contribution in [-0.4, -0.2) is 111 Å². The van der Waals surface area contributed by atoms with Gasteiger partial charge >= 0.3 is 11.9 Å². The Morgan fingerprint density at radius 3 is 2.57 bits per heavy atom. The summed E-state index contributed by atoms with van der Waals surface area (Å²) in [4.78, 5) is 37.7. The molecule has 7 nitrogen and oxygen atoms in total. The van der Waals surface area contributed by atoms with E-state index < -0.39 is 30.1 Å². The van der Waals surface area contributed by atoms with Crippen molar-refractivity contribution in [2.75, 3.05) is 13.2 Å². The smallest absolute Gasteiger partial charge is 0.326 e. The van der Waals surface area contributed by atoms with Gasteiger partial charge in [0.15, 0.2) is 0 Å². The average molecular weight is 416 g/mol. The van der Waals surface area contributed by atoms with Crippen LogP contribution < -0.4 is 5.32 Å². The number of amides is 1. The fraction of sp³-hybridized carbons (Fsp3) is 0.550. The third-order valence-corrected chi connectivity index (χ3v) is 4.78. The second-order valence-corrected chi connectivity index (χ2v) is 6.75. The first kappa shape index (κ1) is 25.3. The molecule has 1 fully saturated rings. The Bertz CT molecular complexity index is 655. The first-order valence-electron chi connectivity index (χ1n) is 9.44. The van der Waals surface area contributed by atoms with Crippen molar-refractivity contribution < 1.29 is 24.2 Å². The minimum atomic E-state index is -0.987. The minimum Gasteiger partial charge on any atom is -0.480 e. The van der Waals surface area contributed by atoms with Gasteiger partial charge in [-0.3, -0.25) is 14.9 Å². The number of benzene rings is 1. The Kier molecular flexibility index (Phi) is 11.5. The molecule has 1 amide bonds. The van der Waals surface area contributed by atoms with Gasteiger partial charge in [0.1, 0.15) is 12.1 Å². The second-order valence-electron chi connectivity index (χ2n) is 6.75. The van der Waals surface area contributed by atoms with Gasteiger partial charge in [-0.05, 0) is 45.1 Å². The van der Waals surface area contributed by atoms with Crippen molar-refractivity contribution in [3.8, 4) is 0 Å². The number of carboxylic acids is 1. The summed E-state index contributed by atoms with van der Waals surface area (Å²) in [5.41, 5.74) is 1.10. The van der Waals surface area contributed by atoms with E-state index in [1.165, 1.54) is 4.90 Å². The zero-order valence-corrected chi connectivity index (χ0v) is 20.0. The molecule has 2 N–H and O–H groups in total. The number of nitrogens with zero attached hydrogens (tertiary/aromatic N) is 1. The van der Waals surface area contributed by atoms with Crippen LogP contribution in [0, 0.1) is 0 Å². The molecule has 2 rings (SSSR count). The summed E-state index contributed by atoms with van der Waals surface area (Å²) in [6.45, 7) is 4.09. The van der Waals surface area contributed by atoms with E-state index in [0.717, 1.165) is 5.56 Å². The molecule has 0 aromatic heterocycles. The first-order chi connectivity index (χ1) is 12.9. The van der Waals surface area contributed by atoms with Gasteiger partial charge in [-0.1, -0.05) is 30.3 Å². The minimum absolute atomic E-state index is 0. The van der Waals surface area contributed by atoms with Crippen molar-refractivity contribution in [2.24, 2.45) is 0 Å². The average Bonchev–Trinajstić information content (AvgIpc) is 3.15. The van der Waals surface area contributed by atoms with Crippen molar-refractivity contribution >= 4 is 69.2 Å². The Morgan fingerprint density at radius 2 is 1.96 bits per heavy atom. The predicted molar refractivity (Wildman–Crippen MR) is 106 cm³/mol. The number of likely N-dealkylation sites (tertiary alicyclic amines) is 1. The Hall–Kier alpha value is -0.774. The molecular weight excluding hydrogens is 387 g/mol. The van der Waals surface area contributed by atoms with Crippen molar-refractivity contribution in [3.63, 3.8) is 0 Å².